The molecule has 0 N–H and O–H groups in total. The number of esters is 1. The van der Waals surface area contributed by atoms with E-state index in [0.29, 0.717) is 29.2 Å². The molecule has 0 fully saturated rings. The van der Waals surface area contributed by atoms with Gasteiger partial charge in [0.15, 0.2) is 5.69 Å². The van der Waals surface area contributed by atoms with E-state index in [1.165, 1.54) is 10.6 Å². The summed E-state index contributed by atoms with van der Waals surface area (Å²) in [6.07, 6.45) is 3.04. The molecule has 4 nitrogen and oxygen atoms in total. The van der Waals surface area contributed by atoms with Crippen molar-refractivity contribution in [2.24, 2.45) is 0 Å². The molecule has 0 saturated carbocycles. The van der Waals surface area contributed by atoms with Crippen molar-refractivity contribution in [1.82, 2.24) is 9.38 Å². The minimum atomic E-state index is -0.457. The number of fused-ring (bicyclic) bond motifs is 1. The number of pyridine rings is 1. The van der Waals surface area contributed by atoms with Crippen LogP contribution in [0.1, 0.15) is 41.5 Å². The number of halogens is 1. The zero-order chi connectivity index (χ0) is 14.0. The number of carbonyl (C=O) groups is 1. The standard InChI is InChI=1S/C14H17FN2O2/c1-4-5-6-19-14(18)13-10(3)16-12-7-9(2)11(15)8-17(12)13/h7-8H,4-6H2,1-3H3. The first-order valence-corrected chi connectivity index (χ1v) is 6.36. The van der Waals surface area contributed by atoms with Crippen molar-refractivity contribution in [1.29, 1.82) is 0 Å². The first kappa shape index (κ1) is 13.5. The maximum absolute atomic E-state index is 13.6. The summed E-state index contributed by atoms with van der Waals surface area (Å²) in [5.41, 5.74) is 1.90. The molecule has 0 aliphatic carbocycles. The van der Waals surface area contributed by atoms with Gasteiger partial charge in [0.2, 0.25) is 0 Å². The van der Waals surface area contributed by atoms with Gasteiger partial charge in [-0.1, -0.05) is 13.3 Å². The predicted octanol–water partition coefficient (Wildman–Crippen LogP) is 3.05. The summed E-state index contributed by atoms with van der Waals surface area (Å²) in [6.45, 7) is 5.77. The van der Waals surface area contributed by atoms with Crippen LogP contribution in [-0.2, 0) is 4.74 Å². The Balaban J connectivity index is 2.39. The van der Waals surface area contributed by atoms with Crippen molar-refractivity contribution in [3.05, 3.63) is 35.0 Å². The fraction of sp³-hybridized carbons (Fsp3) is 0.429. The van der Waals surface area contributed by atoms with Gasteiger partial charge in [0, 0.05) is 6.20 Å². The normalized spacial score (nSPS) is 10.9. The summed E-state index contributed by atoms with van der Waals surface area (Å²) in [5, 5.41) is 0. The number of carbonyl (C=O) groups excluding carboxylic acids is 1. The molecular formula is C14H17FN2O2. The number of aryl methyl sites for hydroxylation is 2. The minimum Gasteiger partial charge on any atom is -0.461 e. The molecule has 0 saturated heterocycles. The molecule has 2 aromatic heterocycles. The SMILES string of the molecule is CCCCOC(=O)c1c(C)nc2cc(C)c(F)cn12. The van der Waals surface area contributed by atoms with Crippen LogP contribution < -0.4 is 0 Å². The minimum absolute atomic E-state index is 0.296. The van der Waals surface area contributed by atoms with Gasteiger partial charge in [0.05, 0.1) is 12.3 Å². The zero-order valence-corrected chi connectivity index (χ0v) is 11.4. The van der Waals surface area contributed by atoms with Crippen molar-refractivity contribution in [3.8, 4) is 0 Å². The van der Waals surface area contributed by atoms with Crippen LogP contribution in [0.4, 0.5) is 4.39 Å². The number of unbranched alkanes of at least 4 members (excludes halogenated alkanes) is 1. The van der Waals surface area contributed by atoms with Gasteiger partial charge in [-0.05, 0) is 31.9 Å². The second-order valence-electron chi connectivity index (χ2n) is 4.57. The highest BCUT2D eigenvalue weighted by atomic mass is 19.1. The zero-order valence-electron chi connectivity index (χ0n) is 11.4. The van der Waals surface area contributed by atoms with Gasteiger partial charge in [0.25, 0.3) is 0 Å². The molecule has 0 atom stereocenters. The lowest BCUT2D eigenvalue weighted by Gasteiger charge is -2.05. The molecule has 0 aliphatic rings. The van der Waals surface area contributed by atoms with Crippen LogP contribution in [0.5, 0.6) is 0 Å². The summed E-state index contributed by atoms with van der Waals surface area (Å²) in [6, 6.07) is 1.62. The third-order valence-electron chi connectivity index (χ3n) is 3.00. The molecule has 102 valence electrons. The Labute approximate surface area is 111 Å². The van der Waals surface area contributed by atoms with Crippen molar-refractivity contribution < 1.29 is 13.9 Å². The van der Waals surface area contributed by atoms with E-state index in [0.717, 1.165) is 12.8 Å². The number of ether oxygens (including phenoxy) is 1. The van der Waals surface area contributed by atoms with Crippen LogP contribution in [0.15, 0.2) is 12.3 Å². The Morgan fingerprint density at radius 2 is 2.21 bits per heavy atom. The molecule has 2 aromatic rings. The van der Waals surface area contributed by atoms with E-state index in [-0.39, 0.29) is 5.82 Å². The van der Waals surface area contributed by atoms with Crippen LogP contribution in [-0.4, -0.2) is 22.0 Å². The van der Waals surface area contributed by atoms with E-state index in [1.807, 2.05) is 6.92 Å². The summed E-state index contributed by atoms with van der Waals surface area (Å²) < 4.78 is 20.2. The summed E-state index contributed by atoms with van der Waals surface area (Å²) in [4.78, 5) is 16.3. The van der Waals surface area contributed by atoms with E-state index in [1.54, 1.807) is 19.9 Å². The first-order chi connectivity index (χ1) is 9.04. The number of hydrogen-bond donors (Lipinski definition) is 0. The van der Waals surface area contributed by atoms with Gasteiger partial charge in [-0.25, -0.2) is 14.2 Å². The molecule has 0 aliphatic heterocycles. The fourth-order valence-corrected chi connectivity index (χ4v) is 1.90. The summed E-state index contributed by atoms with van der Waals surface area (Å²) in [5.74, 6) is -0.825. The lowest BCUT2D eigenvalue weighted by molar-refractivity contribution is 0.0490. The van der Waals surface area contributed by atoms with Crippen molar-refractivity contribution in [2.45, 2.75) is 33.6 Å². The van der Waals surface area contributed by atoms with Crippen LogP contribution >= 0.6 is 0 Å². The number of hydrogen-bond acceptors (Lipinski definition) is 3. The van der Waals surface area contributed by atoms with Crippen molar-refractivity contribution in [2.75, 3.05) is 6.61 Å². The lowest BCUT2D eigenvalue weighted by atomic mass is 10.3. The second kappa shape index (κ2) is 5.38. The number of imidazole rings is 1. The number of aromatic nitrogens is 2. The van der Waals surface area contributed by atoms with Gasteiger partial charge >= 0.3 is 5.97 Å². The molecule has 2 rings (SSSR count). The Morgan fingerprint density at radius 3 is 2.89 bits per heavy atom. The first-order valence-electron chi connectivity index (χ1n) is 6.36. The maximum atomic E-state index is 13.6. The van der Waals surface area contributed by atoms with Gasteiger partial charge in [-0.2, -0.15) is 0 Å². The van der Waals surface area contributed by atoms with Crippen molar-refractivity contribution in [3.63, 3.8) is 0 Å². The van der Waals surface area contributed by atoms with E-state index >= 15 is 0 Å². The monoisotopic (exact) mass is 264 g/mol. The quantitative estimate of drug-likeness (QED) is 0.629. The highest BCUT2D eigenvalue weighted by Gasteiger charge is 2.18. The van der Waals surface area contributed by atoms with Crippen LogP contribution in [0.3, 0.4) is 0 Å². The Morgan fingerprint density at radius 1 is 1.47 bits per heavy atom. The molecular weight excluding hydrogens is 247 g/mol. The average Bonchev–Trinajstić information content (AvgIpc) is 2.65. The highest BCUT2D eigenvalue weighted by molar-refractivity contribution is 5.90. The third kappa shape index (κ3) is 2.59. The van der Waals surface area contributed by atoms with Gasteiger partial charge in [-0.3, -0.25) is 4.40 Å². The van der Waals surface area contributed by atoms with Crippen LogP contribution in [0.25, 0.3) is 5.65 Å². The van der Waals surface area contributed by atoms with Crippen molar-refractivity contribution >= 4 is 11.6 Å². The largest absolute Gasteiger partial charge is 0.461 e. The topological polar surface area (TPSA) is 43.6 Å². The molecule has 0 spiro atoms. The Hall–Kier alpha value is -1.91. The molecule has 0 aromatic carbocycles. The van der Waals surface area contributed by atoms with E-state index in [4.69, 9.17) is 4.74 Å². The number of rotatable bonds is 4. The molecule has 0 unspecified atom stereocenters. The molecule has 19 heavy (non-hydrogen) atoms. The third-order valence-corrected chi connectivity index (χ3v) is 3.00. The Kier molecular flexibility index (Phi) is 3.83. The van der Waals surface area contributed by atoms with E-state index in [9.17, 15) is 9.18 Å². The smallest absolute Gasteiger partial charge is 0.357 e. The van der Waals surface area contributed by atoms with E-state index in [2.05, 4.69) is 4.98 Å². The van der Waals surface area contributed by atoms with Gasteiger partial charge in [0.1, 0.15) is 11.5 Å². The second-order valence-corrected chi connectivity index (χ2v) is 4.57. The van der Waals surface area contributed by atoms with Gasteiger partial charge < -0.3 is 4.74 Å². The molecule has 0 amide bonds. The molecule has 0 bridgehead atoms. The fourth-order valence-electron chi connectivity index (χ4n) is 1.90. The van der Waals surface area contributed by atoms with Crippen LogP contribution in [0, 0.1) is 19.7 Å². The summed E-state index contributed by atoms with van der Waals surface area (Å²) in [7, 11) is 0. The number of nitrogens with zero attached hydrogens (tertiary/aromatic N) is 2. The molecule has 0 radical (unpaired) electrons. The average molecular weight is 264 g/mol. The van der Waals surface area contributed by atoms with E-state index < -0.39 is 5.97 Å². The molecule has 5 heteroatoms. The predicted molar refractivity (Wildman–Crippen MR) is 69.8 cm³/mol. The van der Waals surface area contributed by atoms with Crippen LogP contribution in [0.2, 0.25) is 0 Å². The highest BCUT2D eigenvalue weighted by Crippen LogP contribution is 2.17. The maximum Gasteiger partial charge on any atom is 0.357 e. The molecule has 2 heterocycles. The lowest BCUT2D eigenvalue weighted by Crippen LogP contribution is -2.11. The summed E-state index contributed by atoms with van der Waals surface area (Å²) >= 11 is 0. The Bertz CT molecular complexity index is 619. The van der Waals surface area contributed by atoms with Gasteiger partial charge in [-0.15, -0.1) is 0 Å².